The standard InChI is InChI=1S/C19H26N4O4.C14H16N2O4.C5H12N2O/c1-21-10-9-16(12-21)27-20-18(24)17-8-7-15-11-22(17)19(25)23(15)26-13-14-5-3-2-4-6-14;17-13(18)12-7-6-11-8-15(12)14(19)16(11)20-9-10-4-2-1-3-5-10;1-7-3-2-5(4-7)8-6/h2-6,15-17H,7-13H2,1H3,(H,20,24);1-5,11-12H,6-9H2,(H,17,18);5H,2-4,6H2,1H3/t15-,16+,17+;11-,12+;5-/m110/s1. The number of aliphatic carboxylic acids is 1. The molecule has 17 heteroatoms. The Morgan fingerprint density at radius 3 is 1.60 bits per heavy atom. The number of hydrogen-bond donors (Lipinski definition) is 3. The average Bonchev–Trinajstić information content (AvgIpc) is 3.95. The lowest BCUT2D eigenvalue weighted by atomic mass is 10.0. The van der Waals surface area contributed by atoms with Crippen molar-refractivity contribution >= 4 is 23.9 Å². The number of urea groups is 2. The first-order valence-electron chi connectivity index (χ1n) is 19.1. The van der Waals surface area contributed by atoms with Crippen molar-refractivity contribution in [1.82, 2.24) is 35.2 Å². The number of likely N-dealkylation sites (N-methyl/N-ethyl adjacent to an activating group) is 2. The second-order valence-corrected chi connectivity index (χ2v) is 14.9. The normalized spacial score (nSPS) is 27.5. The highest BCUT2D eigenvalue weighted by atomic mass is 16.7. The van der Waals surface area contributed by atoms with Crippen LogP contribution in [0.15, 0.2) is 60.7 Å². The molecule has 0 spiro atoms. The summed E-state index contributed by atoms with van der Waals surface area (Å²) in [6, 6.07) is 17.5. The number of amides is 5. The van der Waals surface area contributed by atoms with E-state index < -0.39 is 18.1 Å². The minimum Gasteiger partial charge on any atom is -0.480 e. The topological polar surface area (TPSA) is 183 Å². The van der Waals surface area contributed by atoms with Gasteiger partial charge >= 0.3 is 18.0 Å². The minimum absolute atomic E-state index is 0.00494. The summed E-state index contributed by atoms with van der Waals surface area (Å²) in [4.78, 5) is 77.5. The van der Waals surface area contributed by atoms with E-state index in [4.69, 9.17) is 25.5 Å². The molecule has 17 nitrogen and oxygen atoms in total. The number of carbonyl (C=O) groups excluding carboxylic acids is 3. The molecule has 55 heavy (non-hydrogen) atoms. The Hall–Kier alpha value is -4.36. The first-order chi connectivity index (χ1) is 26.6. The number of nitrogens with one attached hydrogen (secondary N) is 1. The van der Waals surface area contributed by atoms with Gasteiger partial charge in [0.25, 0.3) is 5.91 Å². The molecule has 6 aliphatic heterocycles. The second-order valence-electron chi connectivity index (χ2n) is 14.9. The lowest BCUT2D eigenvalue weighted by Gasteiger charge is -2.29. The quantitative estimate of drug-likeness (QED) is 0.284. The van der Waals surface area contributed by atoms with Crippen LogP contribution in [0.5, 0.6) is 0 Å². The minimum atomic E-state index is -0.943. The van der Waals surface area contributed by atoms with Gasteiger partial charge in [0.1, 0.15) is 25.3 Å². The van der Waals surface area contributed by atoms with Gasteiger partial charge in [-0.2, -0.15) is 10.1 Å². The van der Waals surface area contributed by atoms with Crippen molar-refractivity contribution in [2.75, 3.05) is 53.4 Å². The smallest absolute Gasteiger partial charge is 0.345 e. The van der Waals surface area contributed by atoms with Gasteiger partial charge in [-0.1, -0.05) is 60.7 Å². The molecule has 0 aliphatic carbocycles. The van der Waals surface area contributed by atoms with Gasteiger partial charge in [-0.15, -0.1) is 0 Å². The molecule has 8 rings (SSSR count). The van der Waals surface area contributed by atoms with Crippen molar-refractivity contribution in [3.05, 3.63) is 71.8 Å². The molecular formula is C38H54N8O9. The monoisotopic (exact) mass is 766 g/mol. The number of carboxylic acid groups (broad SMARTS) is 1. The van der Waals surface area contributed by atoms with Crippen molar-refractivity contribution in [3.8, 4) is 0 Å². The van der Waals surface area contributed by atoms with Crippen molar-refractivity contribution in [2.24, 2.45) is 5.90 Å². The number of rotatable bonds is 11. The summed E-state index contributed by atoms with van der Waals surface area (Å²) >= 11 is 0. The number of piperidine rings is 2. The van der Waals surface area contributed by atoms with Crippen molar-refractivity contribution in [1.29, 1.82) is 0 Å². The Bertz CT molecular complexity index is 1590. The summed E-state index contributed by atoms with van der Waals surface area (Å²) in [6.07, 6.45) is 4.75. The third-order valence-electron chi connectivity index (χ3n) is 10.9. The Labute approximate surface area is 321 Å². The number of fused-ring (bicyclic) bond motifs is 4. The van der Waals surface area contributed by atoms with Crippen LogP contribution in [0.25, 0.3) is 0 Å². The molecule has 5 amide bonds. The first-order valence-corrected chi connectivity index (χ1v) is 19.1. The summed E-state index contributed by atoms with van der Waals surface area (Å²) in [5.41, 5.74) is 4.56. The van der Waals surface area contributed by atoms with Crippen molar-refractivity contribution < 1.29 is 43.6 Å². The fourth-order valence-corrected chi connectivity index (χ4v) is 7.77. The molecule has 0 radical (unpaired) electrons. The molecule has 6 aliphatic rings. The van der Waals surface area contributed by atoms with E-state index in [1.807, 2.05) is 67.7 Å². The van der Waals surface area contributed by atoms with E-state index in [0.717, 1.165) is 56.6 Å². The lowest BCUT2D eigenvalue weighted by Crippen LogP contribution is -2.50. The fourth-order valence-electron chi connectivity index (χ4n) is 7.77. The highest BCUT2D eigenvalue weighted by Gasteiger charge is 2.49. The van der Waals surface area contributed by atoms with Gasteiger partial charge in [0.15, 0.2) is 0 Å². The number of hydroxylamine groups is 5. The lowest BCUT2D eigenvalue weighted by molar-refractivity contribution is -0.144. The molecule has 6 heterocycles. The first kappa shape index (κ1) is 40.3. The Morgan fingerprint density at radius 1 is 0.691 bits per heavy atom. The maximum absolute atomic E-state index is 12.7. The Morgan fingerprint density at radius 2 is 1.16 bits per heavy atom. The van der Waals surface area contributed by atoms with Crippen LogP contribution in [0.4, 0.5) is 9.59 Å². The van der Waals surface area contributed by atoms with Crippen molar-refractivity contribution in [2.45, 2.75) is 88.1 Å². The number of likely N-dealkylation sites (tertiary alicyclic amines) is 2. The molecule has 6 fully saturated rings. The van der Waals surface area contributed by atoms with Crippen LogP contribution in [0, 0.1) is 0 Å². The molecule has 2 aromatic rings. The van der Waals surface area contributed by atoms with E-state index in [1.54, 1.807) is 4.90 Å². The highest BCUT2D eigenvalue weighted by Crippen LogP contribution is 2.32. The maximum Gasteiger partial charge on any atom is 0.345 e. The molecule has 300 valence electrons. The molecule has 6 atom stereocenters. The number of nitrogens with two attached hydrogens (primary N) is 1. The average molecular weight is 767 g/mol. The van der Waals surface area contributed by atoms with Crippen LogP contribution in [-0.4, -0.2) is 149 Å². The summed E-state index contributed by atoms with van der Waals surface area (Å²) in [5.74, 6) is 3.78. The zero-order chi connectivity index (χ0) is 38.9. The second kappa shape index (κ2) is 19.0. The van der Waals surface area contributed by atoms with Gasteiger partial charge in [-0.05, 0) is 63.7 Å². The molecular weight excluding hydrogens is 712 g/mol. The van der Waals surface area contributed by atoms with Gasteiger partial charge in [0.2, 0.25) is 0 Å². The van der Waals surface area contributed by atoms with Crippen LogP contribution in [0.1, 0.15) is 49.7 Å². The van der Waals surface area contributed by atoms with Gasteiger partial charge < -0.3 is 24.7 Å². The number of carboxylic acids is 1. The molecule has 2 aromatic carbocycles. The number of carbonyl (C=O) groups is 4. The highest BCUT2D eigenvalue weighted by molar-refractivity contribution is 5.88. The van der Waals surface area contributed by atoms with E-state index >= 15 is 0 Å². The number of hydrogen-bond acceptors (Lipinski definition) is 11. The van der Waals surface area contributed by atoms with Crippen LogP contribution in [-0.2, 0) is 42.2 Å². The molecule has 0 aromatic heterocycles. The summed E-state index contributed by atoms with van der Waals surface area (Å²) < 4.78 is 0. The van der Waals surface area contributed by atoms with Crippen LogP contribution in [0.3, 0.4) is 0 Å². The van der Waals surface area contributed by atoms with Crippen LogP contribution < -0.4 is 11.4 Å². The van der Waals surface area contributed by atoms with E-state index in [0.29, 0.717) is 45.6 Å². The van der Waals surface area contributed by atoms with E-state index in [1.165, 1.54) is 15.0 Å². The third kappa shape index (κ3) is 10.3. The Kier molecular flexibility index (Phi) is 13.9. The van der Waals surface area contributed by atoms with Crippen LogP contribution in [0.2, 0.25) is 0 Å². The number of nitrogens with zero attached hydrogens (tertiary/aromatic N) is 6. The Balaban J connectivity index is 0.000000160. The fraction of sp³-hybridized carbons (Fsp3) is 0.579. The summed E-state index contributed by atoms with van der Waals surface area (Å²) in [7, 11) is 4.10. The maximum atomic E-state index is 12.7. The van der Waals surface area contributed by atoms with E-state index in [-0.39, 0.29) is 42.3 Å². The largest absolute Gasteiger partial charge is 0.480 e. The third-order valence-corrected chi connectivity index (χ3v) is 10.9. The van der Waals surface area contributed by atoms with Gasteiger partial charge in [0.05, 0.1) is 24.3 Å². The predicted octanol–water partition coefficient (Wildman–Crippen LogP) is 2.19. The number of benzene rings is 2. The molecule has 6 saturated heterocycles. The summed E-state index contributed by atoms with van der Waals surface area (Å²) in [6.45, 7) is 5.46. The predicted molar refractivity (Wildman–Crippen MR) is 198 cm³/mol. The van der Waals surface area contributed by atoms with Gasteiger partial charge in [-0.25, -0.2) is 25.8 Å². The zero-order valence-corrected chi connectivity index (χ0v) is 31.6. The van der Waals surface area contributed by atoms with E-state index in [9.17, 15) is 19.2 Å². The zero-order valence-electron chi connectivity index (χ0n) is 31.6. The van der Waals surface area contributed by atoms with Crippen LogP contribution >= 0.6 is 0 Å². The molecule has 4 bridgehead atoms. The summed E-state index contributed by atoms with van der Waals surface area (Å²) in [5, 5.41) is 11.9. The van der Waals surface area contributed by atoms with Crippen molar-refractivity contribution in [3.63, 3.8) is 0 Å². The van der Waals surface area contributed by atoms with E-state index in [2.05, 4.69) is 27.2 Å². The van der Waals surface area contributed by atoms with Gasteiger partial charge in [-0.3, -0.25) is 24.1 Å². The molecule has 4 N–H and O–H groups in total. The molecule has 0 unspecified atom stereocenters. The van der Waals surface area contributed by atoms with Gasteiger partial charge in [0, 0.05) is 39.3 Å². The molecule has 0 saturated carbocycles. The SMILES string of the molecule is CN1CC[C@H](ON)C1.CN1CC[C@H](ONC(=O)[C@@H]2CC[C@@H]3CN2C(=O)N3OCc2ccccc2)C1.O=C(O)[C@@H]1CC[C@@H]2CN1C(=O)N2OCc1ccccc1.